The van der Waals surface area contributed by atoms with Crippen LogP contribution in [0.2, 0.25) is 0 Å². The van der Waals surface area contributed by atoms with E-state index in [1.807, 2.05) is 0 Å². The van der Waals surface area contributed by atoms with Gasteiger partial charge in [0.15, 0.2) is 0 Å². The highest BCUT2D eigenvalue weighted by Gasteiger charge is 2.06. The molecule has 58 valence electrons. The van der Waals surface area contributed by atoms with E-state index in [-0.39, 0.29) is 0 Å². The van der Waals surface area contributed by atoms with Crippen molar-refractivity contribution in [2.75, 3.05) is 13.1 Å². The maximum atomic E-state index is 8.66. The molecular weight excluding hydrogens is 130 g/mol. The summed E-state index contributed by atoms with van der Waals surface area (Å²) in [5, 5.41) is 17.3. The second-order valence-electron chi connectivity index (χ2n) is 1.88. The van der Waals surface area contributed by atoms with Gasteiger partial charge in [0.25, 0.3) is 0 Å². The van der Waals surface area contributed by atoms with E-state index in [2.05, 4.69) is 13.2 Å². The van der Waals surface area contributed by atoms with Gasteiger partial charge in [0.05, 0.1) is 0 Å². The summed E-state index contributed by atoms with van der Waals surface area (Å²) in [6.07, 6.45) is 1.78. The van der Waals surface area contributed by atoms with Crippen LogP contribution in [-0.4, -0.2) is 34.6 Å². The number of hydrogen-bond acceptors (Lipinski definition) is 3. The number of aliphatic hydroxyl groups excluding tert-OH is 1. The number of hydrogen-bond donors (Lipinski definition) is 2. The number of aliphatic hydroxyl groups is 2. The van der Waals surface area contributed by atoms with Gasteiger partial charge >= 0.3 is 0 Å². The number of rotatable bonds is 5. The molecular formula is C7H13NO2. The Hall–Kier alpha value is -0.640. The van der Waals surface area contributed by atoms with Crippen LogP contribution in [0, 0.1) is 0 Å². The zero-order valence-corrected chi connectivity index (χ0v) is 5.90. The van der Waals surface area contributed by atoms with Gasteiger partial charge in [-0.1, -0.05) is 12.2 Å². The molecule has 0 heterocycles. The van der Waals surface area contributed by atoms with Crippen LogP contribution in [0.15, 0.2) is 25.3 Å². The molecule has 3 heteroatoms. The molecule has 0 unspecified atom stereocenters. The minimum atomic E-state index is -1.42. The van der Waals surface area contributed by atoms with Crippen LogP contribution in [-0.2, 0) is 0 Å². The second-order valence-corrected chi connectivity index (χ2v) is 1.88. The Balaban J connectivity index is 3.70. The van der Waals surface area contributed by atoms with Gasteiger partial charge in [0.2, 0.25) is 6.41 Å². The smallest absolute Gasteiger partial charge is 0.214 e. The summed E-state index contributed by atoms with van der Waals surface area (Å²) >= 11 is 0. The Morgan fingerprint density at radius 1 is 1.20 bits per heavy atom. The van der Waals surface area contributed by atoms with E-state index in [9.17, 15) is 0 Å². The van der Waals surface area contributed by atoms with Gasteiger partial charge in [-0.2, -0.15) is 0 Å². The lowest BCUT2D eigenvalue weighted by Crippen LogP contribution is -2.34. The van der Waals surface area contributed by atoms with Crippen molar-refractivity contribution in [3.8, 4) is 0 Å². The zero-order valence-electron chi connectivity index (χ0n) is 5.90. The molecule has 0 rings (SSSR count). The topological polar surface area (TPSA) is 43.7 Å². The third-order valence-electron chi connectivity index (χ3n) is 1.05. The van der Waals surface area contributed by atoms with Gasteiger partial charge in [-0.05, 0) is 0 Å². The monoisotopic (exact) mass is 143 g/mol. The first kappa shape index (κ1) is 9.36. The molecule has 0 aliphatic heterocycles. The molecule has 0 amide bonds. The highest BCUT2D eigenvalue weighted by molar-refractivity contribution is 4.78. The van der Waals surface area contributed by atoms with E-state index in [1.54, 1.807) is 12.2 Å². The first-order valence-corrected chi connectivity index (χ1v) is 3.04. The van der Waals surface area contributed by atoms with Gasteiger partial charge in [0.1, 0.15) is 0 Å². The van der Waals surface area contributed by atoms with Gasteiger partial charge in [0, 0.05) is 13.1 Å². The fourth-order valence-electron chi connectivity index (χ4n) is 0.595. The van der Waals surface area contributed by atoms with E-state index in [0.29, 0.717) is 13.1 Å². The fraction of sp³-hybridized carbons (Fsp3) is 0.429. The fourth-order valence-corrected chi connectivity index (χ4v) is 0.595. The van der Waals surface area contributed by atoms with Crippen LogP contribution in [0.4, 0.5) is 0 Å². The quantitative estimate of drug-likeness (QED) is 0.418. The molecule has 0 aliphatic rings. The molecule has 10 heavy (non-hydrogen) atoms. The van der Waals surface area contributed by atoms with E-state index in [0.717, 1.165) is 0 Å². The van der Waals surface area contributed by atoms with Crippen molar-refractivity contribution in [2.45, 2.75) is 6.41 Å². The van der Waals surface area contributed by atoms with Crippen molar-refractivity contribution in [2.24, 2.45) is 0 Å². The van der Waals surface area contributed by atoms with E-state index in [1.165, 1.54) is 4.90 Å². The normalized spacial score (nSPS) is 10.4. The summed E-state index contributed by atoms with van der Waals surface area (Å²) in [4.78, 5) is 1.40. The predicted octanol–water partition coefficient (Wildman–Crippen LogP) is -0.0714. The molecule has 0 aromatic rings. The predicted molar refractivity (Wildman–Crippen MR) is 40.2 cm³/mol. The molecule has 0 aliphatic carbocycles. The first-order chi connectivity index (χ1) is 4.72. The molecule has 0 aromatic carbocycles. The third kappa shape index (κ3) is 3.40. The average molecular weight is 143 g/mol. The SMILES string of the molecule is C=CCN(CC=C)C(O)O. The summed E-state index contributed by atoms with van der Waals surface area (Å²) in [7, 11) is 0. The molecule has 0 saturated carbocycles. The summed E-state index contributed by atoms with van der Waals surface area (Å²) < 4.78 is 0. The van der Waals surface area contributed by atoms with Gasteiger partial charge in [-0.25, -0.2) is 4.90 Å². The van der Waals surface area contributed by atoms with Crippen LogP contribution in [0.5, 0.6) is 0 Å². The van der Waals surface area contributed by atoms with Gasteiger partial charge in [-0.3, -0.25) is 0 Å². The Morgan fingerprint density at radius 3 is 1.80 bits per heavy atom. The van der Waals surface area contributed by atoms with E-state index >= 15 is 0 Å². The maximum Gasteiger partial charge on any atom is 0.214 e. The molecule has 2 N–H and O–H groups in total. The molecule has 3 nitrogen and oxygen atoms in total. The van der Waals surface area contributed by atoms with Gasteiger partial charge < -0.3 is 10.2 Å². The summed E-state index contributed by atoms with van der Waals surface area (Å²) in [6.45, 7) is 7.83. The van der Waals surface area contributed by atoms with E-state index in [4.69, 9.17) is 10.2 Å². The standard InChI is InChI=1S/C7H13NO2/c1-3-5-8(6-4-2)7(9)10/h3-4,7,9-10H,1-2,5-6H2. The van der Waals surface area contributed by atoms with Crippen molar-refractivity contribution in [1.29, 1.82) is 0 Å². The first-order valence-electron chi connectivity index (χ1n) is 3.04. The van der Waals surface area contributed by atoms with Gasteiger partial charge in [-0.15, -0.1) is 13.2 Å². The average Bonchev–Trinajstić information content (AvgIpc) is 1.87. The lowest BCUT2D eigenvalue weighted by Gasteiger charge is -2.19. The third-order valence-corrected chi connectivity index (χ3v) is 1.05. The summed E-state index contributed by atoms with van der Waals surface area (Å²) in [5.41, 5.74) is 0. The second kappa shape index (κ2) is 5.17. The van der Waals surface area contributed by atoms with E-state index < -0.39 is 6.41 Å². The Kier molecular flexibility index (Phi) is 4.84. The minimum Gasteiger partial charge on any atom is -0.356 e. The lowest BCUT2D eigenvalue weighted by atomic mass is 10.5. The Morgan fingerprint density at radius 2 is 1.60 bits per heavy atom. The highest BCUT2D eigenvalue weighted by atomic mass is 16.5. The minimum absolute atomic E-state index is 0.448. The largest absolute Gasteiger partial charge is 0.356 e. The van der Waals surface area contributed by atoms with Crippen LogP contribution >= 0.6 is 0 Å². The molecule has 0 saturated heterocycles. The number of nitrogens with zero attached hydrogens (tertiary/aromatic N) is 1. The van der Waals surface area contributed by atoms with Crippen LogP contribution in [0.1, 0.15) is 0 Å². The molecule has 0 bridgehead atoms. The Labute approximate surface area is 60.9 Å². The summed E-state index contributed by atoms with van der Waals surface area (Å²) in [6, 6.07) is 0. The van der Waals surface area contributed by atoms with Crippen LogP contribution < -0.4 is 0 Å². The molecule has 0 radical (unpaired) electrons. The molecule has 0 aromatic heterocycles. The van der Waals surface area contributed by atoms with Crippen molar-refractivity contribution in [3.05, 3.63) is 25.3 Å². The lowest BCUT2D eigenvalue weighted by molar-refractivity contribution is -0.146. The van der Waals surface area contributed by atoms with Crippen LogP contribution in [0.25, 0.3) is 0 Å². The van der Waals surface area contributed by atoms with Crippen molar-refractivity contribution in [3.63, 3.8) is 0 Å². The van der Waals surface area contributed by atoms with Crippen molar-refractivity contribution >= 4 is 0 Å². The van der Waals surface area contributed by atoms with Crippen molar-refractivity contribution < 1.29 is 10.2 Å². The summed E-state index contributed by atoms with van der Waals surface area (Å²) in [5.74, 6) is 0. The highest BCUT2D eigenvalue weighted by Crippen LogP contribution is 1.91. The maximum absolute atomic E-state index is 8.66. The molecule has 0 spiro atoms. The van der Waals surface area contributed by atoms with Crippen molar-refractivity contribution in [1.82, 2.24) is 4.90 Å². The van der Waals surface area contributed by atoms with Crippen LogP contribution in [0.3, 0.4) is 0 Å². The molecule has 0 fully saturated rings. The zero-order chi connectivity index (χ0) is 7.98. The Bertz CT molecular complexity index is 102. The molecule has 0 atom stereocenters.